The molecule has 0 aromatic heterocycles. The molecule has 32 heavy (non-hydrogen) atoms. The number of ether oxygens (including phenoxy) is 5. The van der Waals surface area contributed by atoms with Gasteiger partial charge in [-0.1, -0.05) is 11.6 Å². The highest BCUT2D eigenvalue weighted by molar-refractivity contribution is 9.10. The zero-order valence-corrected chi connectivity index (χ0v) is 20.7. The third-order valence-corrected chi connectivity index (χ3v) is 5.33. The Kier molecular flexibility index (Phi) is 9.98. The molecule has 1 N–H and O–H groups in total. The van der Waals surface area contributed by atoms with E-state index in [-0.39, 0.29) is 29.8 Å². The van der Waals surface area contributed by atoms with E-state index >= 15 is 0 Å². The fourth-order valence-corrected chi connectivity index (χ4v) is 3.62. The number of hydrogen-bond donors (Lipinski definition) is 1. The maximum absolute atomic E-state index is 14.1. The van der Waals surface area contributed by atoms with Crippen LogP contribution in [0.25, 0.3) is 11.1 Å². The van der Waals surface area contributed by atoms with Gasteiger partial charge in [0.15, 0.2) is 13.1 Å². The Bertz CT molecular complexity index is 945. The average Bonchev–Trinajstić information content (AvgIpc) is 2.77. The van der Waals surface area contributed by atoms with Gasteiger partial charge in [0.1, 0.15) is 23.0 Å². The van der Waals surface area contributed by atoms with E-state index in [2.05, 4.69) is 21.2 Å². The standard InChI is InChI=1S/C21H25BrClFN2O6/c1-26(10-18(30-4)31-5)21(27)25-19-16(23)6-12(7-17(19)29-3)14-8-13(24)9-15(22)20(14)32-11-28-2/h6-9,18H,10-11H2,1-5H3,(H,25,27). The van der Waals surface area contributed by atoms with Gasteiger partial charge in [-0.2, -0.15) is 0 Å². The monoisotopic (exact) mass is 534 g/mol. The number of urea groups is 1. The predicted molar refractivity (Wildman–Crippen MR) is 123 cm³/mol. The molecule has 2 amide bonds. The first kappa shape index (κ1) is 26.1. The molecule has 8 nitrogen and oxygen atoms in total. The molecular formula is C21H25BrClFN2O6. The van der Waals surface area contributed by atoms with Crippen LogP contribution < -0.4 is 14.8 Å². The molecule has 0 aliphatic heterocycles. The van der Waals surface area contributed by atoms with Crippen LogP contribution in [-0.2, 0) is 14.2 Å². The number of hydrogen-bond acceptors (Lipinski definition) is 6. The van der Waals surface area contributed by atoms with E-state index in [1.807, 2.05) is 0 Å². The van der Waals surface area contributed by atoms with Crippen molar-refractivity contribution in [2.24, 2.45) is 0 Å². The van der Waals surface area contributed by atoms with Gasteiger partial charge in [-0.05, 0) is 45.8 Å². The third-order valence-electron chi connectivity index (χ3n) is 4.44. The molecule has 0 aliphatic rings. The second kappa shape index (κ2) is 12.2. The molecule has 0 radical (unpaired) electrons. The Hall–Kier alpha value is -2.11. The lowest BCUT2D eigenvalue weighted by Crippen LogP contribution is -2.38. The Labute approximate surface area is 199 Å². The smallest absolute Gasteiger partial charge is 0.321 e. The Balaban J connectivity index is 2.40. The highest BCUT2D eigenvalue weighted by Crippen LogP contribution is 2.43. The first-order valence-electron chi connectivity index (χ1n) is 9.32. The summed E-state index contributed by atoms with van der Waals surface area (Å²) in [7, 11) is 7.46. The van der Waals surface area contributed by atoms with Crippen molar-refractivity contribution >= 4 is 39.2 Å². The minimum absolute atomic E-state index is 0.0352. The first-order chi connectivity index (χ1) is 15.2. The minimum atomic E-state index is -0.581. The van der Waals surface area contributed by atoms with Gasteiger partial charge in [0.25, 0.3) is 0 Å². The zero-order valence-electron chi connectivity index (χ0n) is 18.3. The highest BCUT2D eigenvalue weighted by Gasteiger charge is 2.21. The summed E-state index contributed by atoms with van der Waals surface area (Å²) < 4.78 is 40.8. The second-order valence-corrected chi connectivity index (χ2v) is 7.82. The van der Waals surface area contributed by atoms with E-state index in [1.165, 1.54) is 45.5 Å². The Morgan fingerprint density at radius 2 is 1.88 bits per heavy atom. The highest BCUT2D eigenvalue weighted by atomic mass is 79.9. The van der Waals surface area contributed by atoms with Gasteiger partial charge in [-0.3, -0.25) is 0 Å². The molecule has 2 aromatic rings. The number of carbonyl (C=O) groups excluding carboxylic acids is 1. The van der Waals surface area contributed by atoms with E-state index in [0.717, 1.165) is 0 Å². The molecule has 0 saturated heterocycles. The van der Waals surface area contributed by atoms with Crippen LogP contribution in [0.4, 0.5) is 14.9 Å². The van der Waals surface area contributed by atoms with Crippen molar-refractivity contribution in [3.05, 3.63) is 39.6 Å². The number of nitrogens with zero attached hydrogens (tertiary/aromatic N) is 1. The van der Waals surface area contributed by atoms with E-state index in [1.54, 1.807) is 19.2 Å². The number of nitrogens with one attached hydrogen (secondary N) is 1. The number of benzene rings is 2. The van der Waals surface area contributed by atoms with Gasteiger partial charge in [0.05, 0.1) is 23.1 Å². The van der Waals surface area contributed by atoms with Crippen LogP contribution in [0.2, 0.25) is 5.02 Å². The predicted octanol–water partition coefficient (Wildman–Crippen LogP) is 4.98. The maximum Gasteiger partial charge on any atom is 0.321 e. The molecule has 0 atom stereocenters. The van der Waals surface area contributed by atoms with Crippen LogP contribution in [0.1, 0.15) is 0 Å². The van der Waals surface area contributed by atoms with Crippen molar-refractivity contribution in [2.75, 3.05) is 54.1 Å². The lowest BCUT2D eigenvalue weighted by Gasteiger charge is -2.23. The molecule has 0 saturated carbocycles. The normalized spacial score (nSPS) is 10.9. The van der Waals surface area contributed by atoms with E-state index < -0.39 is 18.1 Å². The maximum atomic E-state index is 14.1. The molecule has 0 fully saturated rings. The Morgan fingerprint density at radius 1 is 1.19 bits per heavy atom. The number of halogens is 3. The quantitative estimate of drug-likeness (QED) is 0.432. The fraction of sp³-hybridized carbons (Fsp3) is 0.381. The molecule has 0 bridgehead atoms. The molecule has 11 heteroatoms. The molecule has 0 heterocycles. The summed E-state index contributed by atoms with van der Waals surface area (Å²) in [5.74, 6) is 0.173. The van der Waals surface area contributed by atoms with Crippen molar-refractivity contribution in [1.82, 2.24) is 4.90 Å². The van der Waals surface area contributed by atoms with Crippen molar-refractivity contribution < 1.29 is 32.9 Å². The van der Waals surface area contributed by atoms with Crippen molar-refractivity contribution in [1.29, 1.82) is 0 Å². The fourth-order valence-electron chi connectivity index (χ4n) is 2.81. The summed E-state index contributed by atoms with van der Waals surface area (Å²) in [5.41, 5.74) is 1.20. The molecular weight excluding hydrogens is 511 g/mol. The van der Waals surface area contributed by atoms with Gasteiger partial charge in [-0.15, -0.1) is 0 Å². The SMILES string of the molecule is COCOc1c(Br)cc(F)cc1-c1cc(Cl)c(NC(=O)N(C)CC(OC)OC)c(OC)c1. The lowest BCUT2D eigenvalue weighted by molar-refractivity contribution is -0.108. The zero-order chi connectivity index (χ0) is 23.8. The van der Waals surface area contributed by atoms with E-state index in [0.29, 0.717) is 21.3 Å². The van der Waals surface area contributed by atoms with Gasteiger partial charge in [0, 0.05) is 33.9 Å². The van der Waals surface area contributed by atoms with E-state index in [9.17, 15) is 9.18 Å². The summed E-state index contributed by atoms with van der Waals surface area (Å²) in [6, 6.07) is 5.34. The molecule has 2 aromatic carbocycles. The molecule has 2 rings (SSSR count). The van der Waals surface area contributed by atoms with Crippen LogP contribution in [0.3, 0.4) is 0 Å². The van der Waals surface area contributed by atoms with Crippen molar-refractivity contribution in [2.45, 2.75) is 6.29 Å². The third kappa shape index (κ3) is 6.46. The van der Waals surface area contributed by atoms with Gasteiger partial charge in [0.2, 0.25) is 0 Å². The number of amides is 2. The Morgan fingerprint density at radius 3 is 2.47 bits per heavy atom. The van der Waals surface area contributed by atoms with Crippen molar-refractivity contribution in [3.63, 3.8) is 0 Å². The summed E-state index contributed by atoms with van der Waals surface area (Å²) in [5, 5.41) is 2.91. The van der Waals surface area contributed by atoms with Gasteiger partial charge >= 0.3 is 6.03 Å². The number of anilines is 1. The van der Waals surface area contributed by atoms with Crippen LogP contribution in [0.15, 0.2) is 28.7 Å². The summed E-state index contributed by atoms with van der Waals surface area (Å²) in [4.78, 5) is 14.0. The minimum Gasteiger partial charge on any atom is -0.494 e. The van der Waals surface area contributed by atoms with Crippen LogP contribution in [-0.4, -0.2) is 66.0 Å². The molecule has 176 valence electrons. The second-order valence-electron chi connectivity index (χ2n) is 6.56. The summed E-state index contributed by atoms with van der Waals surface area (Å²) in [6.45, 7) is 0.154. The van der Waals surface area contributed by atoms with Crippen molar-refractivity contribution in [3.8, 4) is 22.6 Å². The number of methoxy groups -OCH3 is 4. The molecule has 0 unspecified atom stereocenters. The molecule has 0 spiro atoms. The first-order valence-corrected chi connectivity index (χ1v) is 10.5. The summed E-state index contributed by atoms with van der Waals surface area (Å²) >= 11 is 9.78. The largest absolute Gasteiger partial charge is 0.494 e. The van der Waals surface area contributed by atoms with E-state index in [4.69, 9.17) is 35.3 Å². The average molecular weight is 536 g/mol. The number of carbonyl (C=O) groups is 1. The van der Waals surface area contributed by atoms with Crippen LogP contribution in [0, 0.1) is 5.82 Å². The van der Waals surface area contributed by atoms with Gasteiger partial charge < -0.3 is 33.9 Å². The molecule has 0 aliphatic carbocycles. The van der Waals surface area contributed by atoms with Gasteiger partial charge in [-0.25, -0.2) is 9.18 Å². The van der Waals surface area contributed by atoms with Crippen LogP contribution >= 0.6 is 27.5 Å². The lowest BCUT2D eigenvalue weighted by atomic mass is 10.0. The van der Waals surface area contributed by atoms with Crippen LogP contribution in [0.5, 0.6) is 11.5 Å². The number of likely N-dealkylation sites (N-methyl/N-ethyl adjacent to an activating group) is 1. The topological polar surface area (TPSA) is 78.5 Å². The number of rotatable bonds is 10. The summed E-state index contributed by atoms with van der Waals surface area (Å²) in [6.07, 6.45) is -0.581.